The number of nitrogen functional groups attached to an aromatic ring is 1. The number of aliphatic carboxylic acids is 1. The number of pyridine rings is 1. The molecule has 3 N–H and O–H groups in total. The fourth-order valence-electron chi connectivity index (χ4n) is 3.21. The Morgan fingerprint density at radius 1 is 1.37 bits per heavy atom. The van der Waals surface area contributed by atoms with Crippen LogP contribution in [0, 0.1) is 5.92 Å². The summed E-state index contributed by atoms with van der Waals surface area (Å²) in [4.78, 5) is 30.0. The highest BCUT2D eigenvalue weighted by molar-refractivity contribution is 9.10. The highest BCUT2D eigenvalue weighted by atomic mass is 79.9. The number of hydrogen-bond donors (Lipinski definition) is 2. The normalized spacial score (nSPS) is 17.4. The van der Waals surface area contributed by atoms with E-state index >= 15 is 0 Å². The number of carboxylic acids is 1. The van der Waals surface area contributed by atoms with Crippen molar-refractivity contribution in [3.8, 4) is 11.6 Å². The van der Waals surface area contributed by atoms with Gasteiger partial charge < -0.3 is 20.2 Å². The van der Waals surface area contributed by atoms with E-state index in [4.69, 9.17) is 10.2 Å². The zero-order valence-corrected chi connectivity index (χ0v) is 15.7. The number of halogens is 1. The molecule has 1 fully saturated rings. The number of likely N-dealkylation sites (tertiary alicyclic amines) is 1. The van der Waals surface area contributed by atoms with Crippen molar-refractivity contribution >= 4 is 39.1 Å². The molecule has 3 aromatic heterocycles. The number of hydrogen-bond acceptors (Lipinski definition) is 6. The predicted molar refractivity (Wildman–Crippen MR) is 99.1 cm³/mol. The van der Waals surface area contributed by atoms with Crippen LogP contribution in [0.1, 0.15) is 23.2 Å². The van der Waals surface area contributed by atoms with Crippen molar-refractivity contribution in [3.63, 3.8) is 0 Å². The van der Waals surface area contributed by atoms with Gasteiger partial charge in [-0.15, -0.1) is 5.10 Å². The largest absolute Gasteiger partial charge is 0.481 e. The fraction of sp³-hybridized carbons (Fsp3) is 0.294. The van der Waals surface area contributed by atoms with Gasteiger partial charge in [0.25, 0.3) is 5.91 Å². The SMILES string of the molecule is Nc1cc(C(=O)N2CCCC(C(=O)O)C2)cn2nc(-c3ccc(Br)o3)nc12. The lowest BCUT2D eigenvalue weighted by Gasteiger charge is -2.30. The Morgan fingerprint density at radius 2 is 2.19 bits per heavy atom. The first-order valence-corrected chi connectivity index (χ1v) is 9.15. The van der Waals surface area contributed by atoms with Gasteiger partial charge in [-0.05, 0) is 47.0 Å². The highest BCUT2D eigenvalue weighted by Crippen LogP contribution is 2.25. The number of amides is 1. The number of carbonyl (C=O) groups excluding carboxylic acids is 1. The Labute approximate surface area is 161 Å². The second kappa shape index (κ2) is 6.69. The van der Waals surface area contributed by atoms with Crippen LogP contribution in [0.3, 0.4) is 0 Å². The van der Waals surface area contributed by atoms with E-state index in [1.54, 1.807) is 29.3 Å². The topological polar surface area (TPSA) is 127 Å². The van der Waals surface area contributed by atoms with Gasteiger partial charge in [-0.25, -0.2) is 9.50 Å². The molecule has 4 rings (SSSR count). The number of piperidine rings is 1. The van der Waals surface area contributed by atoms with Gasteiger partial charge in [-0.2, -0.15) is 0 Å². The Morgan fingerprint density at radius 3 is 2.89 bits per heavy atom. The molecule has 9 nitrogen and oxygen atoms in total. The number of furan rings is 1. The summed E-state index contributed by atoms with van der Waals surface area (Å²) in [7, 11) is 0. The molecular formula is C17H16BrN5O4. The summed E-state index contributed by atoms with van der Waals surface area (Å²) in [6, 6.07) is 4.99. The molecule has 1 atom stereocenters. The third-order valence-corrected chi connectivity index (χ3v) is 4.99. The van der Waals surface area contributed by atoms with Crippen molar-refractivity contribution in [2.75, 3.05) is 18.8 Å². The van der Waals surface area contributed by atoms with Gasteiger partial charge in [-0.1, -0.05) is 0 Å². The van der Waals surface area contributed by atoms with Crippen LogP contribution in [0.5, 0.6) is 0 Å². The highest BCUT2D eigenvalue weighted by Gasteiger charge is 2.29. The van der Waals surface area contributed by atoms with E-state index in [0.29, 0.717) is 52.5 Å². The molecule has 0 spiro atoms. The van der Waals surface area contributed by atoms with Crippen molar-refractivity contribution in [1.82, 2.24) is 19.5 Å². The predicted octanol–water partition coefficient (Wildman–Crippen LogP) is 2.27. The summed E-state index contributed by atoms with van der Waals surface area (Å²) in [5.74, 6) is -0.876. The Hall–Kier alpha value is -2.88. The van der Waals surface area contributed by atoms with E-state index in [1.165, 1.54) is 4.52 Å². The maximum absolute atomic E-state index is 12.8. The summed E-state index contributed by atoms with van der Waals surface area (Å²) in [5, 5.41) is 13.5. The lowest BCUT2D eigenvalue weighted by molar-refractivity contribution is -0.143. The van der Waals surface area contributed by atoms with Gasteiger partial charge in [0, 0.05) is 19.3 Å². The average Bonchev–Trinajstić information content (AvgIpc) is 3.27. The van der Waals surface area contributed by atoms with E-state index in [1.807, 2.05) is 0 Å². The molecule has 1 aliphatic rings. The summed E-state index contributed by atoms with van der Waals surface area (Å²) >= 11 is 3.23. The number of nitrogens with two attached hydrogens (primary N) is 1. The van der Waals surface area contributed by atoms with E-state index < -0.39 is 11.9 Å². The molecule has 1 aliphatic heterocycles. The monoisotopic (exact) mass is 433 g/mol. The van der Waals surface area contributed by atoms with Gasteiger partial charge in [-0.3, -0.25) is 9.59 Å². The fourth-order valence-corrected chi connectivity index (χ4v) is 3.52. The average molecular weight is 434 g/mol. The van der Waals surface area contributed by atoms with Crippen LogP contribution in [0.2, 0.25) is 0 Å². The quantitative estimate of drug-likeness (QED) is 0.648. The van der Waals surface area contributed by atoms with Crippen LogP contribution >= 0.6 is 15.9 Å². The Balaban J connectivity index is 1.66. The first-order valence-electron chi connectivity index (χ1n) is 8.36. The molecule has 4 heterocycles. The number of rotatable bonds is 3. The van der Waals surface area contributed by atoms with Crippen molar-refractivity contribution in [2.24, 2.45) is 5.92 Å². The molecule has 0 radical (unpaired) electrons. The number of carbonyl (C=O) groups is 2. The minimum Gasteiger partial charge on any atom is -0.481 e. The summed E-state index contributed by atoms with van der Waals surface area (Å²) in [5.41, 5.74) is 7.12. The van der Waals surface area contributed by atoms with Gasteiger partial charge in [0.2, 0.25) is 5.82 Å². The third-order valence-electron chi connectivity index (χ3n) is 4.56. The molecule has 1 unspecified atom stereocenters. The zero-order chi connectivity index (χ0) is 19.1. The maximum atomic E-state index is 12.8. The molecule has 0 aliphatic carbocycles. The lowest BCUT2D eigenvalue weighted by atomic mass is 9.98. The molecule has 1 saturated heterocycles. The van der Waals surface area contributed by atoms with Crippen LogP contribution in [0.25, 0.3) is 17.2 Å². The van der Waals surface area contributed by atoms with Crippen molar-refractivity contribution in [3.05, 3.63) is 34.6 Å². The molecule has 0 bridgehead atoms. The number of fused-ring (bicyclic) bond motifs is 1. The molecule has 0 aromatic carbocycles. The second-order valence-electron chi connectivity index (χ2n) is 6.42. The minimum absolute atomic E-state index is 0.190. The summed E-state index contributed by atoms with van der Waals surface area (Å²) in [6.07, 6.45) is 2.78. The molecule has 1 amide bonds. The van der Waals surface area contributed by atoms with Crippen LogP contribution in [-0.2, 0) is 4.79 Å². The summed E-state index contributed by atoms with van der Waals surface area (Å²) < 4.78 is 7.44. The molecule has 27 heavy (non-hydrogen) atoms. The number of carboxylic acid groups (broad SMARTS) is 1. The number of nitrogens with zero attached hydrogens (tertiary/aromatic N) is 4. The van der Waals surface area contributed by atoms with Crippen molar-refractivity contribution in [1.29, 1.82) is 0 Å². The van der Waals surface area contributed by atoms with Crippen molar-refractivity contribution in [2.45, 2.75) is 12.8 Å². The third kappa shape index (κ3) is 3.27. The smallest absolute Gasteiger partial charge is 0.308 e. The Kier molecular flexibility index (Phi) is 4.34. The molecule has 10 heteroatoms. The van der Waals surface area contributed by atoms with E-state index in [-0.39, 0.29) is 12.5 Å². The summed E-state index contributed by atoms with van der Waals surface area (Å²) in [6.45, 7) is 0.707. The first-order chi connectivity index (χ1) is 12.9. The first kappa shape index (κ1) is 17.5. The second-order valence-corrected chi connectivity index (χ2v) is 7.20. The molecule has 140 valence electrons. The Bertz CT molecular complexity index is 1040. The van der Waals surface area contributed by atoms with E-state index in [2.05, 4.69) is 26.0 Å². The number of aromatic nitrogens is 3. The lowest BCUT2D eigenvalue weighted by Crippen LogP contribution is -2.42. The zero-order valence-electron chi connectivity index (χ0n) is 14.1. The van der Waals surface area contributed by atoms with Gasteiger partial charge in [0.15, 0.2) is 16.1 Å². The van der Waals surface area contributed by atoms with E-state index in [0.717, 1.165) is 0 Å². The molecule has 3 aromatic rings. The molecular weight excluding hydrogens is 418 g/mol. The standard InChI is InChI=1S/C17H16BrN5O4/c18-13-4-3-12(27-13)14-20-15-11(19)6-10(8-23(15)21-14)16(24)22-5-1-2-9(7-22)17(25)26/h3-4,6,8-9H,1-2,5,7,19H2,(H,25,26). The van der Waals surface area contributed by atoms with Gasteiger partial charge in [0.05, 0.1) is 17.2 Å². The van der Waals surface area contributed by atoms with Crippen LogP contribution in [0.15, 0.2) is 33.5 Å². The van der Waals surface area contributed by atoms with Gasteiger partial charge in [0.1, 0.15) is 0 Å². The van der Waals surface area contributed by atoms with Crippen LogP contribution in [0.4, 0.5) is 5.69 Å². The van der Waals surface area contributed by atoms with Crippen LogP contribution in [-0.4, -0.2) is 49.6 Å². The minimum atomic E-state index is -0.881. The van der Waals surface area contributed by atoms with Gasteiger partial charge >= 0.3 is 5.97 Å². The molecule has 0 saturated carbocycles. The maximum Gasteiger partial charge on any atom is 0.308 e. The number of anilines is 1. The van der Waals surface area contributed by atoms with Crippen molar-refractivity contribution < 1.29 is 19.1 Å². The van der Waals surface area contributed by atoms with Crippen LogP contribution < -0.4 is 5.73 Å². The van der Waals surface area contributed by atoms with E-state index in [9.17, 15) is 14.7 Å².